The van der Waals surface area contributed by atoms with Crippen LogP contribution in [0.4, 0.5) is 13.2 Å². The number of hydrogen-bond donors (Lipinski definition) is 0. The van der Waals surface area contributed by atoms with E-state index < -0.39 is 22.9 Å². The Hall–Kier alpha value is -3.06. The van der Waals surface area contributed by atoms with Gasteiger partial charge in [-0.1, -0.05) is 51.8 Å². The van der Waals surface area contributed by atoms with Gasteiger partial charge in [0.15, 0.2) is 0 Å². The lowest BCUT2D eigenvalue weighted by atomic mass is 10.0. The Morgan fingerprint density at radius 3 is 2.38 bits per heavy atom. The van der Waals surface area contributed by atoms with Gasteiger partial charge in [0.25, 0.3) is 0 Å². The summed E-state index contributed by atoms with van der Waals surface area (Å²) < 4.78 is 53.1. The summed E-state index contributed by atoms with van der Waals surface area (Å²) in [7, 11) is 0. The first-order valence-corrected chi connectivity index (χ1v) is 10.6. The molecule has 0 radical (unpaired) electrons. The number of fused-ring (bicyclic) bond motifs is 1. The second-order valence-electron chi connectivity index (χ2n) is 7.52. The molecule has 3 aromatic carbocycles. The van der Waals surface area contributed by atoms with Crippen molar-refractivity contribution in [3.63, 3.8) is 0 Å². The van der Waals surface area contributed by atoms with Crippen LogP contribution < -0.4 is 10.2 Å². The van der Waals surface area contributed by atoms with Gasteiger partial charge in [-0.05, 0) is 54.8 Å². The van der Waals surface area contributed by atoms with Crippen molar-refractivity contribution in [1.29, 1.82) is 0 Å². The Labute approximate surface area is 190 Å². The summed E-state index contributed by atoms with van der Waals surface area (Å²) in [5.41, 5.74) is 1.78. The van der Waals surface area contributed by atoms with Crippen molar-refractivity contribution in [2.24, 2.45) is 0 Å². The first-order valence-electron chi connectivity index (χ1n) is 9.76. The van der Waals surface area contributed by atoms with Crippen molar-refractivity contribution in [3.8, 4) is 16.9 Å². The van der Waals surface area contributed by atoms with Crippen LogP contribution in [0.15, 0.2) is 74.3 Å². The molecule has 1 aromatic heterocycles. The summed E-state index contributed by atoms with van der Waals surface area (Å²) in [5, 5.41) is 0.0509. The maximum atomic E-state index is 13.8. The third-order valence-corrected chi connectivity index (χ3v) is 5.68. The quantitative estimate of drug-likeness (QED) is 0.291. The van der Waals surface area contributed by atoms with E-state index in [1.54, 1.807) is 18.2 Å². The van der Waals surface area contributed by atoms with Crippen LogP contribution in [-0.2, 0) is 12.8 Å². The van der Waals surface area contributed by atoms with Crippen molar-refractivity contribution >= 4 is 26.9 Å². The van der Waals surface area contributed by atoms with E-state index in [4.69, 9.17) is 9.15 Å². The van der Waals surface area contributed by atoms with Crippen molar-refractivity contribution in [1.82, 2.24) is 0 Å². The van der Waals surface area contributed by atoms with Crippen molar-refractivity contribution < 1.29 is 22.3 Å². The molecule has 3 nitrogen and oxygen atoms in total. The Bertz CT molecular complexity index is 1360. The maximum absolute atomic E-state index is 13.8. The Kier molecular flexibility index (Phi) is 5.86. The Morgan fingerprint density at radius 1 is 0.969 bits per heavy atom. The van der Waals surface area contributed by atoms with E-state index in [9.17, 15) is 18.0 Å². The minimum Gasteiger partial charge on any atom is -0.489 e. The normalized spacial score (nSPS) is 11.7. The fourth-order valence-corrected chi connectivity index (χ4v) is 3.72. The molecule has 7 heteroatoms. The molecule has 0 atom stereocenters. The number of rotatable bonds is 4. The highest BCUT2D eigenvalue weighted by Gasteiger charge is 2.39. The lowest BCUT2D eigenvalue weighted by molar-refractivity contribution is -0.152. The summed E-state index contributed by atoms with van der Waals surface area (Å²) in [6, 6.07) is 16.3. The average molecular weight is 503 g/mol. The number of ether oxygens (including phenoxy) is 1. The predicted octanol–water partition coefficient (Wildman–Crippen LogP) is 7.44. The minimum atomic E-state index is -4.84. The van der Waals surface area contributed by atoms with E-state index in [1.165, 1.54) is 24.3 Å². The van der Waals surface area contributed by atoms with Crippen LogP contribution in [0.5, 0.6) is 5.75 Å². The molecule has 0 saturated heterocycles. The standard InChI is InChI=1S/C25H18BrF3O3/c1-14-3-4-15(2)17(11-14)13-31-19-9-10-20-21(12-19)32-24(25(27,28)29)22(23(20)30)16-5-7-18(26)8-6-16/h3-12H,13H2,1-2H3. The second kappa shape index (κ2) is 8.47. The van der Waals surface area contributed by atoms with E-state index in [-0.39, 0.29) is 23.1 Å². The second-order valence-corrected chi connectivity index (χ2v) is 8.43. The van der Waals surface area contributed by atoms with Gasteiger partial charge in [-0.2, -0.15) is 13.2 Å². The first-order chi connectivity index (χ1) is 15.1. The smallest absolute Gasteiger partial charge is 0.450 e. The molecule has 0 spiro atoms. The molecule has 0 N–H and O–H groups in total. The van der Waals surface area contributed by atoms with Gasteiger partial charge in [0, 0.05) is 10.5 Å². The highest BCUT2D eigenvalue weighted by Crippen LogP contribution is 2.38. The highest BCUT2D eigenvalue weighted by atomic mass is 79.9. The van der Waals surface area contributed by atoms with Crippen molar-refractivity contribution in [3.05, 3.63) is 97.8 Å². The number of alkyl halides is 3. The van der Waals surface area contributed by atoms with Crippen LogP contribution >= 0.6 is 15.9 Å². The Morgan fingerprint density at radius 2 is 1.69 bits per heavy atom. The minimum absolute atomic E-state index is 0.0509. The molecule has 0 unspecified atom stereocenters. The molecule has 4 aromatic rings. The van der Waals surface area contributed by atoms with Gasteiger partial charge in [0.05, 0.1) is 10.9 Å². The van der Waals surface area contributed by atoms with E-state index in [0.717, 1.165) is 16.7 Å². The molecule has 0 bridgehead atoms. The lowest BCUT2D eigenvalue weighted by Crippen LogP contribution is -2.16. The third kappa shape index (κ3) is 4.43. The van der Waals surface area contributed by atoms with Gasteiger partial charge in [-0.3, -0.25) is 4.79 Å². The van der Waals surface area contributed by atoms with Gasteiger partial charge >= 0.3 is 6.18 Å². The fourth-order valence-electron chi connectivity index (χ4n) is 3.46. The van der Waals surface area contributed by atoms with Crippen LogP contribution in [0.3, 0.4) is 0 Å². The van der Waals surface area contributed by atoms with Crippen LogP contribution in [0, 0.1) is 13.8 Å². The fraction of sp³-hybridized carbons (Fsp3) is 0.160. The van der Waals surface area contributed by atoms with Crippen molar-refractivity contribution in [2.75, 3.05) is 0 Å². The van der Waals surface area contributed by atoms with Crippen LogP contribution in [0.25, 0.3) is 22.1 Å². The summed E-state index contributed by atoms with van der Waals surface area (Å²) in [6.45, 7) is 4.17. The number of hydrogen-bond acceptors (Lipinski definition) is 3. The molecule has 164 valence electrons. The van der Waals surface area contributed by atoms with E-state index in [1.807, 2.05) is 32.0 Å². The van der Waals surface area contributed by atoms with Gasteiger partial charge in [-0.25, -0.2) is 0 Å². The molecule has 0 aliphatic rings. The molecular weight excluding hydrogens is 485 g/mol. The molecule has 0 saturated carbocycles. The lowest BCUT2D eigenvalue weighted by Gasteiger charge is -2.14. The topological polar surface area (TPSA) is 39.4 Å². The monoisotopic (exact) mass is 502 g/mol. The summed E-state index contributed by atoms with van der Waals surface area (Å²) in [4.78, 5) is 13.0. The molecular formula is C25H18BrF3O3. The van der Waals surface area contributed by atoms with Crippen LogP contribution in [-0.4, -0.2) is 0 Å². The largest absolute Gasteiger partial charge is 0.489 e. The maximum Gasteiger partial charge on any atom is 0.450 e. The predicted molar refractivity (Wildman–Crippen MR) is 121 cm³/mol. The van der Waals surface area contributed by atoms with Crippen LogP contribution in [0.1, 0.15) is 22.5 Å². The third-order valence-electron chi connectivity index (χ3n) is 5.15. The highest BCUT2D eigenvalue weighted by molar-refractivity contribution is 9.10. The van der Waals surface area contributed by atoms with Crippen molar-refractivity contribution in [2.45, 2.75) is 26.6 Å². The number of aryl methyl sites for hydroxylation is 2. The molecule has 4 rings (SSSR count). The molecule has 0 amide bonds. The SMILES string of the molecule is Cc1ccc(C)c(COc2ccc3c(=O)c(-c4ccc(Br)cc4)c(C(F)(F)F)oc3c2)c1. The van der Waals surface area contributed by atoms with E-state index >= 15 is 0 Å². The summed E-state index contributed by atoms with van der Waals surface area (Å²) in [5.74, 6) is -1.02. The molecule has 1 heterocycles. The van der Waals surface area contributed by atoms with E-state index in [2.05, 4.69) is 15.9 Å². The number of benzene rings is 3. The molecule has 0 aliphatic heterocycles. The van der Waals surface area contributed by atoms with Crippen LogP contribution in [0.2, 0.25) is 0 Å². The van der Waals surface area contributed by atoms with Gasteiger partial charge in [0.2, 0.25) is 11.2 Å². The molecule has 0 aliphatic carbocycles. The molecule has 32 heavy (non-hydrogen) atoms. The summed E-state index contributed by atoms with van der Waals surface area (Å²) in [6.07, 6.45) is -4.84. The Balaban J connectivity index is 1.78. The molecule has 0 fully saturated rings. The van der Waals surface area contributed by atoms with Gasteiger partial charge < -0.3 is 9.15 Å². The zero-order valence-corrected chi connectivity index (χ0v) is 18.8. The van der Waals surface area contributed by atoms with Gasteiger partial charge in [-0.15, -0.1) is 0 Å². The zero-order chi connectivity index (χ0) is 23.0. The first kappa shape index (κ1) is 22.1. The average Bonchev–Trinajstić information content (AvgIpc) is 2.74. The van der Waals surface area contributed by atoms with E-state index in [0.29, 0.717) is 10.2 Å². The zero-order valence-electron chi connectivity index (χ0n) is 17.2. The number of halogens is 4. The van der Waals surface area contributed by atoms with Gasteiger partial charge in [0.1, 0.15) is 17.9 Å². The summed E-state index contributed by atoms with van der Waals surface area (Å²) >= 11 is 3.24.